The normalized spacial score (nSPS) is 22.6. The topological polar surface area (TPSA) is 98.0 Å². The molecule has 1 aliphatic heterocycles. The van der Waals surface area contributed by atoms with Crippen LogP contribution in [0.1, 0.15) is 12.1 Å². The maximum atomic E-state index is 11.3. The Bertz CT molecular complexity index is 546. The van der Waals surface area contributed by atoms with E-state index >= 15 is 0 Å². The van der Waals surface area contributed by atoms with E-state index in [4.69, 9.17) is 17.3 Å². The number of aryl methyl sites for hydroxylation is 1. The van der Waals surface area contributed by atoms with Crippen molar-refractivity contribution in [1.82, 2.24) is 9.97 Å². The lowest BCUT2D eigenvalue weighted by Crippen LogP contribution is -2.22. The molecule has 1 saturated heterocycles. The fraction of sp³-hybridized carbons (Fsp3) is 0.556. The largest absolute Gasteiger partial charge is 0.394 e. The van der Waals surface area contributed by atoms with Crippen molar-refractivity contribution in [2.75, 3.05) is 22.6 Å². The summed E-state index contributed by atoms with van der Waals surface area (Å²) < 4.78 is 22.6. The molecule has 1 atom stereocenters. The molecule has 0 aromatic carbocycles. The van der Waals surface area contributed by atoms with Gasteiger partial charge in [0.15, 0.2) is 15.7 Å². The SMILES string of the molecule is Cc1nc(Cl)nc(NC2CCS(=O)(=O)C2)c1N. The molecule has 0 radical (unpaired) electrons. The van der Waals surface area contributed by atoms with Crippen LogP contribution in [0.4, 0.5) is 11.5 Å². The average Bonchev–Trinajstić information content (AvgIpc) is 2.54. The third-order valence-electron chi connectivity index (χ3n) is 2.68. The van der Waals surface area contributed by atoms with Gasteiger partial charge in [0.25, 0.3) is 0 Å². The van der Waals surface area contributed by atoms with Crippen LogP contribution >= 0.6 is 11.6 Å². The van der Waals surface area contributed by atoms with Crippen molar-refractivity contribution < 1.29 is 8.42 Å². The zero-order valence-corrected chi connectivity index (χ0v) is 10.8. The minimum absolute atomic E-state index is 0.0973. The molecule has 94 valence electrons. The number of sulfone groups is 1. The highest BCUT2D eigenvalue weighted by molar-refractivity contribution is 7.91. The zero-order valence-electron chi connectivity index (χ0n) is 9.27. The number of nitrogens with two attached hydrogens (primary N) is 1. The van der Waals surface area contributed by atoms with E-state index in [2.05, 4.69) is 15.3 Å². The van der Waals surface area contributed by atoms with Gasteiger partial charge in [-0.2, -0.15) is 4.98 Å². The van der Waals surface area contributed by atoms with Crippen molar-refractivity contribution in [2.24, 2.45) is 0 Å². The van der Waals surface area contributed by atoms with E-state index in [1.165, 1.54) is 0 Å². The Labute approximate surface area is 105 Å². The van der Waals surface area contributed by atoms with Gasteiger partial charge in [-0.05, 0) is 24.9 Å². The summed E-state index contributed by atoms with van der Waals surface area (Å²) in [5.74, 6) is 0.708. The summed E-state index contributed by atoms with van der Waals surface area (Å²) >= 11 is 5.73. The summed E-state index contributed by atoms with van der Waals surface area (Å²) in [6.45, 7) is 1.72. The first-order chi connectivity index (χ1) is 7.87. The van der Waals surface area contributed by atoms with Crippen LogP contribution in [0, 0.1) is 6.92 Å². The van der Waals surface area contributed by atoms with Gasteiger partial charge in [0.05, 0.1) is 22.9 Å². The molecule has 2 heterocycles. The number of halogens is 1. The van der Waals surface area contributed by atoms with Gasteiger partial charge in [-0.3, -0.25) is 0 Å². The van der Waals surface area contributed by atoms with Crippen molar-refractivity contribution in [3.63, 3.8) is 0 Å². The van der Waals surface area contributed by atoms with Crippen LogP contribution in [-0.2, 0) is 9.84 Å². The van der Waals surface area contributed by atoms with E-state index in [-0.39, 0.29) is 22.8 Å². The predicted molar refractivity (Wildman–Crippen MR) is 66.9 cm³/mol. The third-order valence-corrected chi connectivity index (χ3v) is 4.62. The second-order valence-corrected chi connectivity index (χ2v) is 6.65. The van der Waals surface area contributed by atoms with E-state index in [9.17, 15) is 8.42 Å². The minimum atomic E-state index is -2.93. The molecule has 0 spiro atoms. The maximum absolute atomic E-state index is 11.3. The van der Waals surface area contributed by atoms with Gasteiger partial charge >= 0.3 is 0 Å². The van der Waals surface area contributed by atoms with Gasteiger partial charge in [-0.15, -0.1) is 0 Å². The number of aromatic nitrogens is 2. The summed E-state index contributed by atoms with van der Waals surface area (Å²) in [7, 11) is -2.93. The number of nitrogens with one attached hydrogen (secondary N) is 1. The summed E-state index contributed by atoms with van der Waals surface area (Å²) in [5, 5.41) is 3.10. The second-order valence-electron chi connectivity index (χ2n) is 4.08. The highest BCUT2D eigenvalue weighted by Gasteiger charge is 2.28. The maximum Gasteiger partial charge on any atom is 0.224 e. The molecule has 1 aliphatic rings. The molecule has 6 nitrogen and oxygen atoms in total. The standard InChI is InChI=1S/C9H13ClN4O2S/c1-5-7(11)8(14-9(10)12-5)13-6-2-3-17(15,16)4-6/h6H,2-4,11H2,1H3,(H,12,13,14). The summed E-state index contributed by atoms with van der Waals surface area (Å²) in [5.41, 5.74) is 6.78. The predicted octanol–water partition coefficient (Wildman–Crippen LogP) is 0.620. The first kappa shape index (κ1) is 12.4. The number of nitrogens with zero attached hydrogens (tertiary/aromatic N) is 2. The van der Waals surface area contributed by atoms with E-state index in [0.29, 0.717) is 23.6 Å². The van der Waals surface area contributed by atoms with Crippen molar-refractivity contribution in [2.45, 2.75) is 19.4 Å². The van der Waals surface area contributed by atoms with Crippen LogP contribution in [0.3, 0.4) is 0 Å². The molecule has 0 saturated carbocycles. The molecule has 0 aliphatic carbocycles. The molecule has 2 rings (SSSR count). The van der Waals surface area contributed by atoms with Crippen LogP contribution < -0.4 is 11.1 Å². The number of anilines is 2. The molecule has 1 aromatic heterocycles. The summed E-state index contributed by atoms with van der Waals surface area (Å²) in [6, 6.07) is -0.160. The average molecular weight is 277 g/mol. The van der Waals surface area contributed by atoms with Crippen molar-refractivity contribution >= 4 is 32.9 Å². The number of hydrogen-bond donors (Lipinski definition) is 2. The zero-order chi connectivity index (χ0) is 12.6. The Morgan fingerprint density at radius 2 is 2.18 bits per heavy atom. The molecule has 1 unspecified atom stereocenters. The quantitative estimate of drug-likeness (QED) is 0.769. The van der Waals surface area contributed by atoms with Crippen molar-refractivity contribution in [3.8, 4) is 0 Å². The van der Waals surface area contributed by atoms with Gasteiger partial charge in [-0.25, -0.2) is 13.4 Å². The summed E-state index contributed by atoms with van der Waals surface area (Å²) in [6.07, 6.45) is 0.558. The third kappa shape index (κ3) is 2.78. The fourth-order valence-corrected chi connectivity index (χ4v) is 3.64. The van der Waals surface area contributed by atoms with Gasteiger partial charge in [0.1, 0.15) is 0 Å². The van der Waals surface area contributed by atoms with Crippen LogP contribution in [0.5, 0.6) is 0 Å². The summed E-state index contributed by atoms with van der Waals surface area (Å²) in [4.78, 5) is 7.88. The van der Waals surface area contributed by atoms with Gasteiger partial charge < -0.3 is 11.1 Å². The van der Waals surface area contributed by atoms with E-state index in [0.717, 1.165) is 0 Å². The first-order valence-corrected chi connectivity index (χ1v) is 7.34. The second kappa shape index (κ2) is 4.30. The van der Waals surface area contributed by atoms with E-state index < -0.39 is 9.84 Å². The molecule has 1 fully saturated rings. The molecule has 8 heteroatoms. The Balaban J connectivity index is 2.20. The monoisotopic (exact) mass is 276 g/mol. The minimum Gasteiger partial charge on any atom is -0.394 e. The molecule has 1 aromatic rings. The Morgan fingerprint density at radius 3 is 2.76 bits per heavy atom. The number of nitrogen functional groups attached to an aromatic ring is 1. The van der Waals surface area contributed by atoms with Crippen molar-refractivity contribution in [3.05, 3.63) is 11.0 Å². The molecular formula is C9H13ClN4O2S. The molecule has 17 heavy (non-hydrogen) atoms. The molecule has 3 N–H and O–H groups in total. The highest BCUT2D eigenvalue weighted by Crippen LogP contribution is 2.23. The lowest BCUT2D eigenvalue weighted by molar-refractivity contribution is 0.602. The van der Waals surface area contributed by atoms with Crippen LogP contribution in [-0.4, -0.2) is 35.9 Å². The van der Waals surface area contributed by atoms with Crippen LogP contribution in [0.15, 0.2) is 0 Å². The Morgan fingerprint density at radius 1 is 1.47 bits per heavy atom. The molecular weight excluding hydrogens is 264 g/mol. The smallest absolute Gasteiger partial charge is 0.224 e. The van der Waals surface area contributed by atoms with Crippen LogP contribution in [0.25, 0.3) is 0 Å². The van der Waals surface area contributed by atoms with Gasteiger partial charge in [-0.1, -0.05) is 0 Å². The molecule has 0 amide bonds. The Hall–Kier alpha value is -1.08. The van der Waals surface area contributed by atoms with Crippen molar-refractivity contribution in [1.29, 1.82) is 0 Å². The lowest BCUT2D eigenvalue weighted by atomic mass is 10.2. The van der Waals surface area contributed by atoms with E-state index in [1.807, 2.05) is 0 Å². The number of rotatable bonds is 2. The fourth-order valence-electron chi connectivity index (χ4n) is 1.76. The lowest BCUT2D eigenvalue weighted by Gasteiger charge is -2.14. The van der Waals surface area contributed by atoms with Gasteiger partial charge in [0.2, 0.25) is 5.28 Å². The van der Waals surface area contributed by atoms with E-state index in [1.54, 1.807) is 6.92 Å². The highest BCUT2D eigenvalue weighted by atomic mass is 35.5. The molecule has 0 bridgehead atoms. The first-order valence-electron chi connectivity index (χ1n) is 5.14. The van der Waals surface area contributed by atoms with Gasteiger partial charge in [0, 0.05) is 6.04 Å². The Kier molecular flexibility index (Phi) is 3.13. The number of hydrogen-bond acceptors (Lipinski definition) is 6. The van der Waals surface area contributed by atoms with Crippen LogP contribution in [0.2, 0.25) is 5.28 Å².